The first-order valence-corrected chi connectivity index (χ1v) is 4.15. The Morgan fingerprint density at radius 2 is 2.42 bits per heavy atom. The van der Waals surface area contributed by atoms with E-state index in [9.17, 15) is 9.59 Å². The fourth-order valence-corrected chi connectivity index (χ4v) is 1.42. The number of hydrogen-bond donors (Lipinski definition) is 2. The second kappa shape index (κ2) is 3.56. The van der Waals surface area contributed by atoms with Crippen LogP contribution in [0.3, 0.4) is 0 Å². The van der Waals surface area contributed by atoms with E-state index in [1.54, 1.807) is 0 Å². The molecular formula is C8H13NO3. The van der Waals surface area contributed by atoms with Gasteiger partial charge in [0.15, 0.2) is 0 Å². The Morgan fingerprint density at radius 3 is 2.92 bits per heavy atom. The summed E-state index contributed by atoms with van der Waals surface area (Å²) in [6.07, 6.45) is 1.40. The van der Waals surface area contributed by atoms with Crippen molar-refractivity contribution in [2.45, 2.75) is 19.8 Å². The quantitative estimate of drug-likeness (QED) is 0.584. The Hall–Kier alpha value is -1.06. The SMILES string of the molecule is CCC1CNC(=O)C(C(=O)O)C1. The number of carbonyl (C=O) groups excluding carboxylic acids is 1. The third-order valence-corrected chi connectivity index (χ3v) is 2.33. The number of amides is 1. The first-order valence-electron chi connectivity index (χ1n) is 4.15. The summed E-state index contributed by atoms with van der Waals surface area (Å²) in [4.78, 5) is 21.6. The lowest BCUT2D eigenvalue weighted by atomic mass is 9.88. The minimum atomic E-state index is -1.01. The molecule has 1 amide bonds. The molecule has 12 heavy (non-hydrogen) atoms. The van der Waals surface area contributed by atoms with Gasteiger partial charge in [-0.1, -0.05) is 13.3 Å². The first-order chi connectivity index (χ1) is 5.65. The summed E-state index contributed by atoms with van der Waals surface area (Å²) in [5, 5.41) is 11.3. The fraction of sp³-hybridized carbons (Fsp3) is 0.750. The number of carbonyl (C=O) groups is 2. The zero-order chi connectivity index (χ0) is 9.14. The molecule has 2 N–H and O–H groups in total. The molecule has 1 heterocycles. The van der Waals surface area contributed by atoms with Gasteiger partial charge in [0.05, 0.1) is 0 Å². The number of carboxylic acid groups (broad SMARTS) is 1. The Labute approximate surface area is 71.0 Å². The van der Waals surface area contributed by atoms with Crippen LogP contribution < -0.4 is 5.32 Å². The number of rotatable bonds is 2. The first kappa shape index (κ1) is 9.03. The van der Waals surface area contributed by atoms with Gasteiger partial charge in [-0.15, -0.1) is 0 Å². The van der Waals surface area contributed by atoms with Crippen LogP contribution in [0.5, 0.6) is 0 Å². The second-order valence-electron chi connectivity index (χ2n) is 3.15. The van der Waals surface area contributed by atoms with Crippen LogP contribution >= 0.6 is 0 Å². The van der Waals surface area contributed by atoms with Crippen LogP contribution in [0.2, 0.25) is 0 Å². The lowest BCUT2D eigenvalue weighted by Crippen LogP contribution is -2.44. The zero-order valence-electron chi connectivity index (χ0n) is 7.04. The van der Waals surface area contributed by atoms with Crippen LogP contribution in [0.4, 0.5) is 0 Å². The van der Waals surface area contributed by atoms with Crippen molar-refractivity contribution in [1.29, 1.82) is 0 Å². The van der Waals surface area contributed by atoms with E-state index in [2.05, 4.69) is 5.32 Å². The van der Waals surface area contributed by atoms with Gasteiger partial charge in [0.1, 0.15) is 5.92 Å². The van der Waals surface area contributed by atoms with Crippen molar-refractivity contribution in [3.8, 4) is 0 Å². The van der Waals surface area contributed by atoms with Crippen LogP contribution in [0.1, 0.15) is 19.8 Å². The highest BCUT2D eigenvalue weighted by molar-refractivity contribution is 5.97. The van der Waals surface area contributed by atoms with Gasteiger partial charge < -0.3 is 10.4 Å². The summed E-state index contributed by atoms with van der Waals surface area (Å²) >= 11 is 0. The van der Waals surface area contributed by atoms with Gasteiger partial charge in [-0.2, -0.15) is 0 Å². The summed E-state index contributed by atoms with van der Waals surface area (Å²) in [6.45, 7) is 2.63. The molecule has 2 unspecified atom stereocenters. The molecule has 68 valence electrons. The van der Waals surface area contributed by atoms with Gasteiger partial charge in [-0.05, 0) is 12.3 Å². The van der Waals surface area contributed by atoms with Crippen LogP contribution in [0.25, 0.3) is 0 Å². The number of piperidine rings is 1. The Kier molecular flexibility index (Phi) is 2.68. The highest BCUT2D eigenvalue weighted by Gasteiger charge is 2.32. The number of hydrogen-bond acceptors (Lipinski definition) is 2. The highest BCUT2D eigenvalue weighted by atomic mass is 16.4. The Bertz CT molecular complexity index is 202. The largest absolute Gasteiger partial charge is 0.481 e. The van der Waals surface area contributed by atoms with E-state index in [-0.39, 0.29) is 5.91 Å². The summed E-state index contributed by atoms with van der Waals surface area (Å²) in [5.74, 6) is -1.86. The Balaban J connectivity index is 2.59. The van der Waals surface area contributed by atoms with E-state index in [1.807, 2.05) is 6.92 Å². The summed E-state index contributed by atoms with van der Waals surface area (Å²) in [5.41, 5.74) is 0. The van der Waals surface area contributed by atoms with Crippen molar-refractivity contribution in [3.63, 3.8) is 0 Å². The lowest BCUT2D eigenvalue weighted by molar-refractivity contribution is -0.149. The van der Waals surface area contributed by atoms with E-state index >= 15 is 0 Å². The van der Waals surface area contributed by atoms with E-state index in [0.29, 0.717) is 18.9 Å². The van der Waals surface area contributed by atoms with Gasteiger partial charge in [-0.3, -0.25) is 9.59 Å². The van der Waals surface area contributed by atoms with Crippen LogP contribution in [0.15, 0.2) is 0 Å². The summed E-state index contributed by atoms with van der Waals surface area (Å²) < 4.78 is 0. The molecule has 1 aliphatic heterocycles. The molecule has 0 aromatic carbocycles. The van der Waals surface area contributed by atoms with Gasteiger partial charge in [0.2, 0.25) is 5.91 Å². The number of nitrogens with one attached hydrogen (secondary N) is 1. The molecule has 4 nitrogen and oxygen atoms in total. The molecule has 0 aromatic heterocycles. The fourth-order valence-electron chi connectivity index (χ4n) is 1.42. The maximum absolute atomic E-state index is 11.0. The normalized spacial score (nSPS) is 29.6. The molecule has 1 fully saturated rings. The molecule has 1 rings (SSSR count). The molecule has 0 bridgehead atoms. The van der Waals surface area contributed by atoms with Crippen molar-refractivity contribution in [2.75, 3.05) is 6.54 Å². The van der Waals surface area contributed by atoms with Gasteiger partial charge in [0.25, 0.3) is 0 Å². The lowest BCUT2D eigenvalue weighted by Gasteiger charge is -2.25. The molecule has 2 atom stereocenters. The minimum absolute atomic E-state index is 0.323. The number of carboxylic acids is 1. The average Bonchev–Trinajstić information content (AvgIpc) is 2.05. The van der Waals surface area contributed by atoms with Crippen molar-refractivity contribution >= 4 is 11.9 Å². The molecule has 0 spiro atoms. The molecule has 0 aromatic rings. The predicted molar refractivity (Wildman–Crippen MR) is 42.5 cm³/mol. The average molecular weight is 171 g/mol. The monoisotopic (exact) mass is 171 g/mol. The third-order valence-electron chi connectivity index (χ3n) is 2.33. The molecule has 1 aliphatic rings. The van der Waals surface area contributed by atoms with Crippen molar-refractivity contribution < 1.29 is 14.7 Å². The van der Waals surface area contributed by atoms with E-state index in [4.69, 9.17) is 5.11 Å². The molecule has 0 radical (unpaired) electrons. The highest BCUT2D eigenvalue weighted by Crippen LogP contribution is 2.19. The van der Waals surface area contributed by atoms with Crippen LogP contribution in [-0.4, -0.2) is 23.5 Å². The smallest absolute Gasteiger partial charge is 0.316 e. The summed E-state index contributed by atoms with van der Waals surface area (Å²) in [6, 6.07) is 0. The maximum Gasteiger partial charge on any atom is 0.316 e. The number of aliphatic carboxylic acids is 1. The predicted octanol–water partition coefficient (Wildman–Crippen LogP) is 0.233. The standard InChI is InChI=1S/C8H13NO3/c1-2-5-3-6(8(11)12)7(10)9-4-5/h5-6H,2-4H2,1H3,(H,9,10)(H,11,12). The zero-order valence-corrected chi connectivity index (χ0v) is 7.04. The molecule has 4 heteroatoms. The molecule has 0 aliphatic carbocycles. The van der Waals surface area contributed by atoms with E-state index < -0.39 is 11.9 Å². The van der Waals surface area contributed by atoms with Crippen molar-refractivity contribution in [1.82, 2.24) is 5.32 Å². The second-order valence-corrected chi connectivity index (χ2v) is 3.15. The molecular weight excluding hydrogens is 158 g/mol. The maximum atomic E-state index is 11.0. The van der Waals surface area contributed by atoms with Gasteiger partial charge >= 0.3 is 5.97 Å². The van der Waals surface area contributed by atoms with E-state index in [0.717, 1.165) is 6.42 Å². The van der Waals surface area contributed by atoms with Gasteiger partial charge in [-0.25, -0.2) is 0 Å². The van der Waals surface area contributed by atoms with Crippen LogP contribution in [-0.2, 0) is 9.59 Å². The van der Waals surface area contributed by atoms with Gasteiger partial charge in [0, 0.05) is 6.54 Å². The minimum Gasteiger partial charge on any atom is -0.481 e. The van der Waals surface area contributed by atoms with Crippen LogP contribution in [0, 0.1) is 11.8 Å². The Morgan fingerprint density at radius 1 is 1.75 bits per heavy atom. The topological polar surface area (TPSA) is 66.4 Å². The molecule has 1 saturated heterocycles. The van der Waals surface area contributed by atoms with Crippen molar-refractivity contribution in [3.05, 3.63) is 0 Å². The van der Waals surface area contributed by atoms with E-state index in [1.165, 1.54) is 0 Å². The molecule has 0 saturated carbocycles. The summed E-state index contributed by atoms with van der Waals surface area (Å²) in [7, 11) is 0. The van der Waals surface area contributed by atoms with Crippen molar-refractivity contribution in [2.24, 2.45) is 11.8 Å². The third kappa shape index (κ3) is 1.75.